The van der Waals surface area contributed by atoms with Gasteiger partial charge >= 0.3 is 0 Å². The molecule has 1 aromatic carbocycles. The minimum Gasteiger partial charge on any atom is -0.497 e. The molecule has 0 radical (unpaired) electrons. The molecule has 0 aromatic heterocycles. The Balaban J connectivity index is 2.38. The van der Waals surface area contributed by atoms with Crippen molar-refractivity contribution < 1.29 is 4.74 Å². The summed E-state index contributed by atoms with van der Waals surface area (Å²) in [6, 6.07) is 6.27. The van der Waals surface area contributed by atoms with Gasteiger partial charge in [0.2, 0.25) is 0 Å². The van der Waals surface area contributed by atoms with Crippen LogP contribution >= 0.6 is 11.8 Å². The van der Waals surface area contributed by atoms with Crippen LogP contribution in [0.3, 0.4) is 0 Å². The summed E-state index contributed by atoms with van der Waals surface area (Å²) in [7, 11) is 1.70. The predicted octanol–water partition coefficient (Wildman–Crippen LogP) is 2.75. The van der Waals surface area contributed by atoms with Crippen LogP contribution in [0.5, 0.6) is 5.75 Å². The van der Waals surface area contributed by atoms with Crippen LogP contribution < -0.4 is 4.74 Å². The van der Waals surface area contributed by atoms with Gasteiger partial charge in [-0.3, -0.25) is 4.99 Å². The van der Waals surface area contributed by atoms with Gasteiger partial charge in [0.25, 0.3) is 0 Å². The van der Waals surface area contributed by atoms with Crippen LogP contribution in [0.2, 0.25) is 0 Å². The van der Waals surface area contributed by atoms with Crippen molar-refractivity contribution in [2.45, 2.75) is 13.3 Å². The quantitative estimate of drug-likeness (QED) is 0.766. The zero-order valence-electron chi connectivity index (χ0n) is 9.12. The number of hydrogen-bond acceptors (Lipinski definition) is 3. The Bertz CT molecular complexity index is 387. The third-order valence-electron chi connectivity index (χ3n) is 2.47. The maximum Gasteiger partial charge on any atom is 0.119 e. The van der Waals surface area contributed by atoms with E-state index in [2.05, 4.69) is 24.0 Å². The lowest BCUT2D eigenvalue weighted by Gasteiger charge is -2.16. The summed E-state index contributed by atoms with van der Waals surface area (Å²) in [6.07, 6.45) is 1.05. The van der Waals surface area contributed by atoms with E-state index in [-0.39, 0.29) is 0 Å². The van der Waals surface area contributed by atoms with Crippen molar-refractivity contribution in [3.05, 3.63) is 29.3 Å². The topological polar surface area (TPSA) is 21.6 Å². The SMILES string of the molecule is CCSC1=NCCc2ccc(OC)cc21. The number of nitrogens with zero attached hydrogens (tertiary/aromatic N) is 1. The van der Waals surface area contributed by atoms with Crippen molar-refractivity contribution in [2.75, 3.05) is 19.4 Å². The number of methoxy groups -OCH3 is 1. The molecule has 0 amide bonds. The van der Waals surface area contributed by atoms with Crippen molar-refractivity contribution in [1.82, 2.24) is 0 Å². The first-order valence-corrected chi connectivity index (χ1v) is 6.18. The van der Waals surface area contributed by atoms with E-state index in [1.165, 1.54) is 11.1 Å². The largest absolute Gasteiger partial charge is 0.497 e. The summed E-state index contributed by atoms with van der Waals surface area (Å²) in [5, 5.41) is 1.16. The van der Waals surface area contributed by atoms with Crippen molar-refractivity contribution in [3.8, 4) is 5.75 Å². The summed E-state index contributed by atoms with van der Waals surface area (Å²) in [5.74, 6) is 1.98. The van der Waals surface area contributed by atoms with Gasteiger partial charge < -0.3 is 4.74 Å². The lowest BCUT2D eigenvalue weighted by molar-refractivity contribution is 0.414. The summed E-state index contributed by atoms with van der Waals surface area (Å²) in [6.45, 7) is 3.07. The van der Waals surface area contributed by atoms with E-state index < -0.39 is 0 Å². The van der Waals surface area contributed by atoms with Gasteiger partial charge in [-0.1, -0.05) is 13.0 Å². The van der Waals surface area contributed by atoms with Crippen LogP contribution in [0.1, 0.15) is 18.1 Å². The Morgan fingerprint density at radius 2 is 2.33 bits per heavy atom. The molecule has 2 nitrogen and oxygen atoms in total. The highest BCUT2D eigenvalue weighted by molar-refractivity contribution is 8.14. The van der Waals surface area contributed by atoms with Crippen LogP contribution in [0.15, 0.2) is 23.2 Å². The molecule has 0 saturated carbocycles. The summed E-state index contributed by atoms with van der Waals surface area (Å²) in [4.78, 5) is 4.56. The van der Waals surface area contributed by atoms with Gasteiger partial charge in [0, 0.05) is 12.1 Å². The highest BCUT2D eigenvalue weighted by atomic mass is 32.2. The fraction of sp³-hybridized carbons (Fsp3) is 0.417. The third-order valence-corrected chi connectivity index (χ3v) is 3.38. The molecular formula is C12H15NOS. The lowest BCUT2D eigenvalue weighted by Crippen LogP contribution is -2.10. The van der Waals surface area contributed by atoms with Gasteiger partial charge in [0.15, 0.2) is 0 Å². The maximum absolute atomic E-state index is 5.24. The molecule has 1 aromatic rings. The summed E-state index contributed by atoms with van der Waals surface area (Å²) in [5.41, 5.74) is 2.65. The number of benzene rings is 1. The standard InChI is InChI=1S/C12H15NOS/c1-3-15-12-11-8-10(14-2)5-4-9(11)6-7-13-12/h4-5,8H,3,6-7H2,1-2H3. The first-order chi connectivity index (χ1) is 7.35. The molecule has 1 heterocycles. The number of fused-ring (bicyclic) bond motifs is 1. The second-order valence-electron chi connectivity index (χ2n) is 3.39. The van der Waals surface area contributed by atoms with Gasteiger partial charge in [-0.25, -0.2) is 0 Å². The van der Waals surface area contributed by atoms with Crippen LogP contribution in [-0.2, 0) is 6.42 Å². The Morgan fingerprint density at radius 3 is 3.07 bits per heavy atom. The molecule has 0 fully saturated rings. The smallest absolute Gasteiger partial charge is 0.119 e. The van der Waals surface area contributed by atoms with Gasteiger partial charge in [0.1, 0.15) is 5.75 Å². The summed E-state index contributed by atoms with van der Waals surface area (Å²) >= 11 is 1.81. The number of hydrogen-bond donors (Lipinski definition) is 0. The fourth-order valence-electron chi connectivity index (χ4n) is 1.72. The Kier molecular flexibility index (Phi) is 3.31. The van der Waals surface area contributed by atoms with Crippen LogP contribution in [-0.4, -0.2) is 24.5 Å². The fourth-order valence-corrected chi connectivity index (χ4v) is 2.52. The van der Waals surface area contributed by atoms with E-state index >= 15 is 0 Å². The number of aliphatic imine (C=N–C) groups is 1. The third kappa shape index (κ3) is 2.17. The molecule has 0 bridgehead atoms. The first-order valence-electron chi connectivity index (χ1n) is 5.19. The molecule has 0 spiro atoms. The predicted molar refractivity (Wildman–Crippen MR) is 66.2 cm³/mol. The minimum atomic E-state index is 0.917. The monoisotopic (exact) mass is 221 g/mol. The molecule has 1 aliphatic rings. The normalized spacial score (nSPS) is 14.4. The van der Waals surface area contributed by atoms with Crippen LogP contribution in [0, 0.1) is 0 Å². The second kappa shape index (κ2) is 4.71. The molecule has 1 aliphatic heterocycles. The number of thioether (sulfide) groups is 1. The lowest BCUT2D eigenvalue weighted by atomic mass is 10.0. The minimum absolute atomic E-state index is 0.917. The van der Waals surface area contributed by atoms with Gasteiger partial charge in [-0.2, -0.15) is 0 Å². The first kappa shape index (κ1) is 10.6. The number of ether oxygens (including phenoxy) is 1. The molecule has 2 rings (SSSR count). The van der Waals surface area contributed by atoms with Gasteiger partial charge in [-0.05, 0) is 29.9 Å². The summed E-state index contributed by atoms with van der Waals surface area (Å²) < 4.78 is 5.24. The molecule has 0 N–H and O–H groups in total. The van der Waals surface area contributed by atoms with Crippen molar-refractivity contribution in [3.63, 3.8) is 0 Å². The molecular weight excluding hydrogens is 206 g/mol. The van der Waals surface area contributed by atoms with E-state index in [4.69, 9.17) is 4.74 Å². The van der Waals surface area contributed by atoms with Crippen LogP contribution in [0.25, 0.3) is 0 Å². The maximum atomic E-state index is 5.24. The molecule has 0 atom stereocenters. The molecule has 15 heavy (non-hydrogen) atoms. The zero-order valence-corrected chi connectivity index (χ0v) is 9.93. The van der Waals surface area contributed by atoms with E-state index in [1.807, 2.05) is 17.8 Å². The highest BCUT2D eigenvalue weighted by Crippen LogP contribution is 2.26. The Labute approximate surface area is 94.7 Å². The van der Waals surface area contributed by atoms with Gasteiger partial charge in [-0.15, -0.1) is 11.8 Å². The van der Waals surface area contributed by atoms with E-state index in [0.29, 0.717) is 0 Å². The number of rotatable bonds is 2. The van der Waals surface area contributed by atoms with E-state index in [9.17, 15) is 0 Å². The molecule has 0 aliphatic carbocycles. The van der Waals surface area contributed by atoms with Crippen molar-refractivity contribution in [2.24, 2.45) is 4.99 Å². The average molecular weight is 221 g/mol. The van der Waals surface area contributed by atoms with Crippen molar-refractivity contribution in [1.29, 1.82) is 0 Å². The zero-order chi connectivity index (χ0) is 10.7. The van der Waals surface area contributed by atoms with Crippen LogP contribution in [0.4, 0.5) is 0 Å². The molecule has 80 valence electrons. The Hall–Kier alpha value is -0.960. The molecule has 0 unspecified atom stereocenters. The molecule has 3 heteroatoms. The average Bonchev–Trinajstić information content (AvgIpc) is 2.29. The van der Waals surface area contributed by atoms with Gasteiger partial charge in [0.05, 0.1) is 12.2 Å². The molecule has 0 saturated heterocycles. The van der Waals surface area contributed by atoms with E-state index in [1.54, 1.807) is 7.11 Å². The Morgan fingerprint density at radius 1 is 1.47 bits per heavy atom. The highest BCUT2D eigenvalue weighted by Gasteiger charge is 2.14. The van der Waals surface area contributed by atoms with Crippen molar-refractivity contribution >= 4 is 16.8 Å². The second-order valence-corrected chi connectivity index (χ2v) is 4.65. The van der Waals surface area contributed by atoms with E-state index in [0.717, 1.165) is 29.5 Å².